The Hall–Kier alpha value is -1.34. The van der Waals surface area contributed by atoms with Crippen molar-refractivity contribution in [3.63, 3.8) is 0 Å². The molecule has 1 fully saturated rings. The van der Waals surface area contributed by atoms with Crippen LogP contribution in [0, 0.1) is 11.8 Å². The van der Waals surface area contributed by atoms with E-state index in [-0.39, 0.29) is 0 Å². The van der Waals surface area contributed by atoms with Crippen LogP contribution >= 0.6 is 0 Å². The van der Waals surface area contributed by atoms with Crippen LogP contribution in [0.2, 0.25) is 0 Å². The first-order valence-corrected chi connectivity index (χ1v) is 8.50. The molecule has 3 rings (SSSR count). The van der Waals surface area contributed by atoms with E-state index in [2.05, 4.69) is 61.8 Å². The Morgan fingerprint density at radius 1 is 1.05 bits per heavy atom. The van der Waals surface area contributed by atoms with Crippen molar-refractivity contribution < 1.29 is 0 Å². The van der Waals surface area contributed by atoms with Crippen LogP contribution in [0.3, 0.4) is 0 Å². The van der Waals surface area contributed by atoms with Gasteiger partial charge in [0.05, 0.1) is 0 Å². The largest absolute Gasteiger partial charge is 0.313 e. The maximum atomic E-state index is 3.64. The van der Waals surface area contributed by atoms with E-state index in [1.807, 2.05) is 0 Å². The summed E-state index contributed by atoms with van der Waals surface area (Å²) in [5, 5.41) is 6.42. The number of benzene rings is 2. The van der Waals surface area contributed by atoms with Gasteiger partial charge in [0.15, 0.2) is 0 Å². The van der Waals surface area contributed by atoms with E-state index in [4.69, 9.17) is 0 Å². The predicted octanol–water partition coefficient (Wildman–Crippen LogP) is 5.32. The molecule has 0 bridgehead atoms. The van der Waals surface area contributed by atoms with Gasteiger partial charge < -0.3 is 5.32 Å². The highest BCUT2D eigenvalue weighted by Crippen LogP contribution is 2.41. The predicted molar refractivity (Wildman–Crippen MR) is 91.5 cm³/mol. The third kappa shape index (κ3) is 2.85. The molecule has 1 N–H and O–H groups in total. The van der Waals surface area contributed by atoms with E-state index in [9.17, 15) is 0 Å². The third-order valence-corrected chi connectivity index (χ3v) is 5.39. The van der Waals surface area contributed by atoms with Crippen LogP contribution in [0.1, 0.15) is 50.6 Å². The first-order chi connectivity index (χ1) is 10.3. The molecule has 2 aromatic carbocycles. The monoisotopic (exact) mass is 281 g/mol. The van der Waals surface area contributed by atoms with Crippen molar-refractivity contribution in [3.8, 4) is 0 Å². The second kappa shape index (κ2) is 6.62. The topological polar surface area (TPSA) is 12.0 Å². The van der Waals surface area contributed by atoms with E-state index in [0.29, 0.717) is 6.04 Å². The minimum atomic E-state index is 0.487. The van der Waals surface area contributed by atoms with Crippen LogP contribution < -0.4 is 5.32 Å². The summed E-state index contributed by atoms with van der Waals surface area (Å²) < 4.78 is 0. The Balaban J connectivity index is 2.01. The van der Waals surface area contributed by atoms with Gasteiger partial charge in [-0.25, -0.2) is 0 Å². The van der Waals surface area contributed by atoms with Crippen LogP contribution in [-0.2, 0) is 0 Å². The maximum Gasteiger partial charge on any atom is 0.0355 e. The van der Waals surface area contributed by atoms with Crippen LogP contribution in [-0.4, -0.2) is 7.05 Å². The number of hydrogen-bond donors (Lipinski definition) is 1. The van der Waals surface area contributed by atoms with Gasteiger partial charge in [-0.1, -0.05) is 75.1 Å². The summed E-state index contributed by atoms with van der Waals surface area (Å²) in [6, 6.07) is 16.1. The molecule has 0 radical (unpaired) electrons. The molecule has 0 heterocycles. The summed E-state index contributed by atoms with van der Waals surface area (Å²) in [7, 11) is 2.13. The Labute approximate surface area is 128 Å². The molecule has 1 saturated carbocycles. The Morgan fingerprint density at radius 2 is 1.81 bits per heavy atom. The zero-order valence-electron chi connectivity index (χ0n) is 13.3. The van der Waals surface area contributed by atoms with Gasteiger partial charge in [-0.05, 0) is 41.6 Å². The Morgan fingerprint density at radius 3 is 2.62 bits per heavy atom. The number of rotatable bonds is 4. The van der Waals surface area contributed by atoms with E-state index < -0.39 is 0 Å². The van der Waals surface area contributed by atoms with Crippen molar-refractivity contribution in [1.29, 1.82) is 0 Å². The lowest BCUT2D eigenvalue weighted by atomic mass is 9.72. The van der Waals surface area contributed by atoms with Gasteiger partial charge in [0.25, 0.3) is 0 Å². The van der Waals surface area contributed by atoms with Crippen molar-refractivity contribution in [3.05, 3.63) is 48.0 Å². The highest BCUT2D eigenvalue weighted by molar-refractivity contribution is 5.86. The Kier molecular flexibility index (Phi) is 4.60. The van der Waals surface area contributed by atoms with Crippen molar-refractivity contribution in [2.24, 2.45) is 11.8 Å². The molecule has 1 aliphatic rings. The minimum Gasteiger partial charge on any atom is -0.313 e. The number of hydrogen-bond acceptors (Lipinski definition) is 1. The molecule has 3 unspecified atom stereocenters. The quantitative estimate of drug-likeness (QED) is 0.800. The lowest BCUT2D eigenvalue weighted by Crippen LogP contribution is -2.32. The molecule has 3 atom stereocenters. The Bertz CT molecular complexity index is 584. The van der Waals surface area contributed by atoms with Crippen LogP contribution in [0.25, 0.3) is 10.8 Å². The van der Waals surface area contributed by atoms with Gasteiger partial charge in [-0.2, -0.15) is 0 Å². The zero-order valence-corrected chi connectivity index (χ0v) is 13.3. The maximum absolute atomic E-state index is 3.64. The highest BCUT2D eigenvalue weighted by atomic mass is 14.9. The summed E-state index contributed by atoms with van der Waals surface area (Å²) in [5.74, 6) is 1.65. The van der Waals surface area contributed by atoms with E-state index in [0.717, 1.165) is 11.8 Å². The first kappa shape index (κ1) is 14.6. The molecule has 21 heavy (non-hydrogen) atoms. The van der Waals surface area contributed by atoms with Crippen molar-refractivity contribution in [1.82, 2.24) is 5.32 Å². The first-order valence-electron chi connectivity index (χ1n) is 8.50. The second-order valence-corrected chi connectivity index (χ2v) is 6.45. The summed E-state index contributed by atoms with van der Waals surface area (Å²) >= 11 is 0. The molecule has 1 heteroatoms. The number of fused-ring (bicyclic) bond motifs is 1. The minimum absolute atomic E-state index is 0.487. The van der Waals surface area contributed by atoms with Gasteiger partial charge in [-0.3, -0.25) is 0 Å². The lowest BCUT2D eigenvalue weighted by Gasteiger charge is -2.37. The number of nitrogens with one attached hydrogen (secondary N) is 1. The fraction of sp³-hybridized carbons (Fsp3) is 0.500. The standard InChI is InChI=1S/C20H27N/c1-3-15-9-4-7-13-18(15)20(21-2)19-14-8-11-16-10-5-6-12-17(16)19/h5-6,8,10-12,14-15,18,20-21H,3-4,7,9,13H2,1-2H3. The van der Waals surface area contributed by atoms with Gasteiger partial charge in [0, 0.05) is 6.04 Å². The molecule has 2 aromatic rings. The lowest BCUT2D eigenvalue weighted by molar-refractivity contribution is 0.181. The summed E-state index contributed by atoms with van der Waals surface area (Å²) in [5.41, 5.74) is 1.49. The van der Waals surface area contributed by atoms with Crippen LogP contribution in [0.4, 0.5) is 0 Å². The SMILES string of the molecule is CCC1CCCCC1C(NC)c1cccc2ccccc12. The molecular weight excluding hydrogens is 254 g/mol. The summed E-state index contributed by atoms with van der Waals surface area (Å²) in [4.78, 5) is 0. The third-order valence-electron chi connectivity index (χ3n) is 5.39. The van der Waals surface area contributed by atoms with Crippen LogP contribution in [0.15, 0.2) is 42.5 Å². The zero-order chi connectivity index (χ0) is 14.7. The van der Waals surface area contributed by atoms with Gasteiger partial charge in [-0.15, -0.1) is 0 Å². The van der Waals surface area contributed by atoms with Crippen molar-refractivity contribution in [2.45, 2.75) is 45.1 Å². The molecule has 112 valence electrons. The van der Waals surface area contributed by atoms with E-state index in [1.54, 1.807) is 0 Å². The van der Waals surface area contributed by atoms with Crippen molar-refractivity contribution in [2.75, 3.05) is 7.05 Å². The average Bonchev–Trinajstić information content (AvgIpc) is 2.56. The fourth-order valence-electron chi connectivity index (χ4n) is 4.30. The van der Waals surface area contributed by atoms with Gasteiger partial charge in [0.2, 0.25) is 0 Å². The van der Waals surface area contributed by atoms with E-state index >= 15 is 0 Å². The normalized spacial score (nSPS) is 24.1. The summed E-state index contributed by atoms with van der Waals surface area (Å²) in [6.45, 7) is 2.36. The molecular formula is C20H27N. The molecule has 0 amide bonds. The molecule has 0 aliphatic heterocycles. The molecule has 0 aromatic heterocycles. The smallest absolute Gasteiger partial charge is 0.0355 e. The molecule has 1 nitrogen and oxygen atoms in total. The van der Waals surface area contributed by atoms with E-state index in [1.165, 1.54) is 48.4 Å². The average molecular weight is 281 g/mol. The van der Waals surface area contributed by atoms with Gasteiger partial charge >= 0.3 is 0 Å². The molecule has 0 saturated heterocycles. The summed E-state index contributed by atoms with van der Waals surface area (Å²) in [6.07, 6.45) is 6.90. The van der Waals surface area contributed by atoms with Gasteiger partial charge in [0.1, 0.15) is 0 Å². The highest BCUT2D eigenvalue weighted by Gasteiger charge is 2.31. The second-order valence-electron chi connectivity index (χ2n) is 6.45. The van der Waals surface area contributed by atoms with Crippen molar-refractivity contribution >= 4 is 10.8 Å². The molecule has 1 aliphatic carbocycles. The molecule has 0 spiro atoms. The van der Waals surface area contributed by atoms with Crippen LogP contribution in [0.5, 0.6) is 0 Å². The fourth-order valence-corrected chi connectivity index (χ4v) is 4.30.